The smallest absolute Gasteiger partial charge is 0.248 e. The molecule has 1 aromatic rings. The average molecular weight is 250 g/mol. The molecule has 1 rings (SSSR count). The number of carbonyl (C=O) groups excluding carboxylic acids is 1. The molecule has 2 unspecified atom stereocenters. The Hall–Kier alpha value is -1.39. The molecule has 2 atom stereocenters. The summed E-state index contributed by atoms with van der Waals surface area (Å²) in [6.07, 6.45) is 0. The summed E-state index contributed by atoms with van der Waals surface area (Å²) in [6.45, 7) is 6.91. The maximum atomic E-state index is 11.0. The molecule has 0 aromatic heterocycles. The van der Waals surface area contributed by atoms with E-state index in [0.29, 0.717) is 5.56 Å². The van der Waals surface area contributed by atoms with Gasteiger partial charge in [-0.2, -0.15) is 0 Å². The van der Waals surface area contributed by atoms with Gasteiger partial charge in [0.2, 0.25) is 5.91 Å². The van der Waals surface area contributed by atoms with Crippen molar-refractivity contribution in [1.82, 2.24) is 5.32 Å². The van der Waals surface area contributed by atoms with Crippen LogP contribution in [-0.2, 0) is 6.54 Å². The number of nitrogens with one attached hydrogen (secondary N) is 1. The Bertz CT molecular complexity index is 418. The summed E-state index contributed by atoms with van der Waals surface area (Å²) in [4.78, 5) is 11.0. The second kappa shape index (κ2) is 6.52. The van der Waals surface area contributed by atoms with Crippen molar-refractivity contribution in [3.8, 4) is 0 Å². The molecule has 0 aliphatic rings. The van der Waals surface area contributed by atoms with E-state index in [-0.39, 0.29) is 18.6 Å². The van der Waals surface area contributed by atoms with E-state index in [9.17, 15) is 4.79 Å². The lowest BCUT2D eigenvalue weighted by atomic mass is 10.0. The number of rotatable bonds is 6. The van der Waals surface area contributed by atoms with Crippen LogP contribution in [0.5, 0.6) is 0 Å². The molecule has 1 amide bonds. The van der Waals surface area contributed by atoms with Crippen LogP contribution in [0.25, 0.3) is 0 Å². The minimum absolute atomic E-state index is 0.174. The van der Waals surface area contributed by atoms with Gasteiger partial charge in [-0.25, -0.2) is 0 Å². The normalized spacial score (nSPS) is 14.2. The Balaban J connectivity index is 2.66. The molecule has 1 aromatic carbocycles. The maximum Gasteiger partial charge on any atom is 0.248 e. The third kappa shape index (κ3) is 3.82. The van der Waals surface area contributed by atoms with E-state index < -0.39 is 5.91 Å². The van der Waals surface area contributed by atoms with Crippen molar-refractivity contribution in [1.29, 1.82) is 0 Å². The third-order valence-electron chi connectivity index (χ3n) is 3.38. The molecule has 0 aliphatic carbocycles. The van der Waals surface area contributed by atoms with E-state index in [0.717, 1.165) is 17.7 Å². The second-order valence-corrected chi connectivity index (χ2v) is 4.83. The molecule has 0 fully saturated rings. The zero-order valence-electron chi connectivity index (χ0n) is 11.2. The van der Waals surface area contributed by atoms with Gasteiger partial charge in [0.15, 0.2) is 0 Å². The highest BCUT2D eigenvalue weighted by atomic mass is 16.3. The molecule has 4 nitrogen and oxygen atoms in total. The van der Waals surface area contributed by atoms with Gasteiger partial charge in [0.1, 0.15) is 0 Å². The summed E-state index contributed by atoms with van der Waals surface area (Å²) in [5.74, 6) is -0.185. The monoisotopic (exact) mass is 250 g/mol. The molecule has 100 valence electrons. The molecule has 0 aliphatic heterocycles. The molecular weight excluding hydrogens is 228 g/mol. The largest absolute Gasteiger partial charge is 0.396 e. The Kier molecular flexibility index (Phi) is 5.31. The fourth-order valence-electron chi connectivity index (χ4n) is 1.68. The summed E-state index contributed by atoms with van der Waals surface area (Å²) in [5, 5.41) is 12.4. The first-order chi connectivity index (χ1) is 8.45. The number of hydrogen-bond acceptors (Lipinski definition) is 3. The first-order valence-corrected chi connectivity index (χ1v) is 6.19. The van der Waals surface area contributed by atoms with E-state index in [1.165, 1.54) is 0 Å². The van der Waals surface area contributed by atoms with Crippen molar-refractivity contribution in [2.45, 2.75) is 33.4 Å². The average Bonchev–Trinajstić information content (AvgIpc) is 2.35. The number of aliphatic hydroxyl groups is 1. The number of nitrogens with two attached hydrogens (primary N) is 1. The van der Waals surface area contributed by atoms with Gasteiger partial charge < -0.3 is 16.2 Å². The second-order valence-electron chi connectivity index (χ2n) is 4.83. The summed E-state index contributed by atoms with van der Waals surface area (Å²) in [5.41, 5.74) is 7.95. The van der Waals surface area contributed by atoms with Gasteiger partial charge in [0.05, 0.1) is 0 Å². The van der Waals surface area contributed by atoms with Crippen LogP contribution in [0, 0.1) is 12.8 Å². The number of amides is 1. The quantitative estimate of drug-likeness (QED) is 0.710. The van der Waals surface area contributed by atoms with Crippen LogP contribution in [0.15, 0.2) is 18.2 Å². The Morgan fingerprint density at radius 2 is 2.11 bits per heavy atom. The first kappa shape index (κ1) is 14.7. The van der Waals surface area contributed by atoms with Crippen molar-refractivity contribution in [2.75, 3.05) is 6.61 Å². The number of hydrogen-bond donors (Lipinski definition) is 3. The number of aliphatic hydroxyl groups excluding tert-OH is 1. The lowest BCUT2D eigenvalue weighted by molar-refractivity contribution is 0.1000. The summed E-state index contributed by atoms with van der Waals surface area (Å²) in [7, 11) is 0. The van der Waals surface area contributed by atoms with Gasteiger partial charge in [-0.05, 0) is 43.0 Å². The number of carbonyl (C=O) groups is 1. The van der Waals surface area contributed by atoms with Gasteiger partial charge >= 0.3 is 0 Å². The Morgan fingerprint density at radius 1 is 1.44 bits per heavy atom. The zero-order valence-corrected chi connectivity index (χ0v) is 11.2. The third-order valence-corrected chi connectivity index (χ3v) is 3.38. The lowest BCUT2D eigenvalue weighted by Gasteiger charge is -2.20. The minimum Gasteiger partial charge on any atom is -0.396 e. The van der Waals surface area contributed by atoms with Crippen LogP contribution < -0.4 is 11.1 Å². The van der Waals surface area contributed by atoms with E-state index in [4.69, 9.17) is 10.8 Å². The molecule has 0 saturated heterocycles. The van der Waals surface area contributed by atoms with Crippen molar-refractivity contribution in [2.24, 2.45) is 11.7 Å². The molecule has 0 heterocycles. The standard InChI is InChI=1S/C14H22N2O2/c1-9-6-12(14(15)18)4-5-13(9)7-16-11(3)10(2)8-17/h4-6,10-11,16-17H,7-8H2,1-3H3,(H2,15,18). The van der Waals surface area contributed by atoms with Crippen LogP contribution in [-0.4, -0.2) is 23.7 Å². The van der Waals surface area contributed by atoms with Crippen LogP contribution in [0.2, 0.25) is 0 Å². The van der Waals surface area contributed by atoms with Gasteiger partial charge in [0, 0.05) is 24.8 Å². The molecule has 4 N–H and O–H groups in total. The molecular formula is C14H22N2O2. The zero-order chi connectivity index (χ0) is 13.7. The van der Waals surface area contributed by atoms with Crippen molar-refractivity contribution < 1.29 is 9.90 Å². The van der Waals surface area contributed by atoms with Gasteiger partial charge in [0.25, 0.3) is 0 Å². The topological polar surface area (TPSA) is 75.4 Å². The van der Waals surface area contributed by atoms with Gasteiger partial charge in [-0.3, -0.25) is 4.79 Å². The van der Waals surface area contributed by atoms with E-state index in [1.54, 1.807) is 12.1 Å². The van der Waals surface area contributed by atoms with Crippen LogP contribution in [0.1, 0.15) is 35.3 Å². The summed E-state index contributed by atoms with van der Waals surface area (Å²) < 4.78 is 0. The molecule has 4 heteroatoms. The van der Waals surface area contributed by atoms with Crippen LogP contribution in [0.4, 0.5) is 0 Å². The van der Waals surface area contributed by atoms with Crippen molar-refractivity contribution in [3.05, 3.63) is 34.9 Å². The molecule has 0 saturated carbocycles. The maximum absolute atomic E-state index is 11.0. The van der Waals surface area contributed by atoms with Gasteiger partial charge in [-0.1, -0.05) is 13.0 Å². The van der Waals surface area contributed by atoms with Crippen molar-refractivity contribution in [3.63, 3.8) is 0 Å². The fourth-order valence-corrected chi connectivity index (χ4v) is 1.68. The Labute approximate surface area is 108 Å². The highest BCUT2D eigenvalue weighted by Crippen LogP contribution is 2.12. The molecule has 0 spiro atoms. The summed E-state index contributed by atoms with van der Waals surface area (Å²) in [6, 6.07) is 5.70. The van der Waals surface area contributed by atoms with Crippen LogP contribution >= 0.6 is 0 Å². The van der Waals surface area contributed by atoms with E-state index in [1.807, 2.05) is 26.8 Å². The van der Waals surface area contributed by atoms with Gasteiger partial charge in [-0.15, -0.1) is 0 Å². The van der Waals surface area contributed by atoms with E-state index >= 15 is 0 Å². The van der Waals surface area contributed by atoms with E-state index in [2.05, 4.69) is 5.32 Å². The molecule has 18 heavy (non-hydrogen) atoms. The fraction of sp³-hybridized carbons (Fsp3) is 0.500. The first-order valence-electron chi connectivity index (χ1n) is 6.19. The predicted molar refractivity (Wildman–Crippen MR) is 72.2 cm³/mol. The SMILES string of the molecule is Cc1cc(C(N)=O)ccc1CNC(C)C(C)CO. The number of primary amides is 1. The molecule has 0 bridgehead atoms. The highest BCUT2D eigenvalue weighted by Gasteiger charge is 2.11. The van der Waals surface area contributed by atoms with Crippen LogP contribution in [0.3, 0.4) is 0 Å². The predicted octanol–water partition coefficient (Wildman–Crippen LogP) is 1.20. The highest BCUT2D eigenvalue weighted by molar-refractivity contribution is 5.93. The lowest BCUT2D eigenvalue weighted by Crippen LogP contribution is -2.33. The number of benzene rings is 1. The Morgan fingerprint density at radius 3 is 2.61 bits per heavy atom. The number of aryl methyl sites for hydroxylation is 1. The summed E-state index contributed by atoms with van der Waals surface area (Å²) >= 11 is 0. The van der Waals surface area contributed by atoms with Crippen molar-refractivity contribution >= 4 is 5.91 Å². The molecule has 0 radical (unpaired) electrons. The minimum atomic E-state index is -0.403.